The Labute approximate surface area is 95.0 Å². The Hall–Kier alpha value is -0.850. The summed E-state index contributed by atoms with van der Waals surface area (Å²) in [7, 11) is 0. The van der Waals surface area contributed by atoms with Gasteiger partial charge in [-0.25, -0.2) is 4.39 Å². The fourth-order valence-electron chi connectivity index (χ4n) is 1.01. The molecule has 84 valence electrons. The topological polar surface area (TPSA) is 78.5 Å². The maximum atomic E-state index is 13.0. The van der Waals surface area contributed by atoms with Gasteiger partial charge in [0.25, 0.3) is 0 Å². The number of aliphatic hydroxyl groups excluding tert-OH is 2. The van der Waals surface area contributed by atoms with Gasteiger partial charge in [0.2, 0.25) is 0 Å². The lowest BCUT2D eigenvalue weighted by molar-refractivity contribution is 0.105. The van der Waals surface area contributed by atoms with E-state index in [1.54, 1.807) is 0 Å². The van der Waals surface area contributed by atoms with E-state index in [1.807, 2.05) is 0 Å². The van der Waals surface area contributed by atoms with Crippen molar-refractivity contribution in [3.05, 3.63) is 22.4 Å². The SMILES string of the molecule is Nc1cc(F)c(Br)cc1NCC(O)CO. The largest absolute Gasteiger partial charge is 0.397 e. The summed E-state index contributed by atoms with van der Waals surface area (Å²) in [5, 5.41) is 20.5. The Bertz CT molecular complexity index is 349. The molecular formula is C9H12BrFN2O2. The van der Waals surface area contributed by atoms with Gasteiger partial charge in [-0.1, -0.05) is 0 Å². The molecule has 0 spiro atoms. The highest BCUT2D eigenvalue weighted by atomic mass is 79.9. The summed E-state index contributed by atoms with van der Waals surface area (Å²) >= 11 is 3.02. The van der Waals surface area contributed by atoms with Crippen molar-refractivity contribution in [2.45, 2.75) is 6.10 Å². The first-order chi connectivity index (χ1) is 7.04. The first-order valence-corrected chi connectivity index (χ1v) is 5.11. The van der Waals surface area contributed by atoms with Crippen LogP contribution in [0, 0.1) is 5.82 Å². The van der Waals surface area contributed by atoms with Crippen molar-refractivity contribution in [2.24, 2.45) is 0 Å². The summed E-state index contributed by atoms with van der Waals surface area (Å²) in [6, 6.07) is 2.66. The molecule has 0 aliphatic rings. The van der Waals surface area contributed by atoms with Crippen LogP contribution in [0.3, 0.4) is 0 Å². The molecule has 1 unspecified atom stereocenters. The highest BCUT2D eigenvalue weighted by Crippen LogP contribution is 2.26. The average molecular weight is 279 g/mol. The van der Waals surface area contributed by atoms with Crippen LogP contribution in [0.15, 0.2) is 16.6 Å². The molecule has 6 heteroatoms. The van der Waals surface area contributed by atoms with Gasteiger partial charge in [-0.3, -0.25) is 0 Å². The van der Waals surface area contributed by atoms with Gasteiger partial charge in [-0.15, -0.1) is 0 Å². The third-order valence-corrected chi connectivity index (χ3v) is 2.44. The third-order valence-electron chi connectivity index (χ3n) is 1.83. The fourth-order valence-corrected chi connectivity index (χ4v) is 1.35. The van der Waals surface area contributed by atoms with Crippen LogP contribution in [0.5, 0.6) is 0 Å². The zero-order valence-electron chi connectivity index (χ0n) is 7.87. The lowest BCUT2D eigenvalue weighted by Crippen LogP contribution is -2.23. The van der Waals surface area contributed by atoms with Crippen LogP contribution in [0.4, 0.5) is 15.8 Å². The van der Waals surface area contributed by atoms with Crippen LogP contribution >= 0.6 is 15.9 Å². The summed E-state index contributed by atoms with van der Waals surface area (Å²) in [5.74, 6) is -0.444. The minimum atomic E-state index is -0.867. The van der Waals surface area contributed by atoms with Crippen molar-refractivity contribution >= 4 is 27.3 Å². The molecule has 5 N–H and O–H groups in total. The number of hydrogen-bond donors (Lipinski definition) is 4. The molecule has 0 bridgehead atoms. The number of nitrogen functional groups attached to an aromatic ring is 1. The van der Waals surface area contributed by atoms with E-state index in [1.165, 1.54) is 12.1 Å². The normalized spacial score (nSPS) is 12.5. The van der Waals surface area contributed by atoms with Gasteiger partial charge in [0.05, 0.1) is 28.6 Å². The quantitative estimate of drug-likeness (QED) is 0.618. The van der Waals surface area contributed by atoms with Crippen LogP contribution in [0.25, 0.3) is 0 Å². The van der Waals surface area contributed by atoms with Gasteiger partial charge < -0.3 is 21.3 Å². The lowest BCUT2D eigenvalue weighted by Gasteiger charge is -2.12. The monoisotopic (exact) mass is 278 g/mol. The van der Waals surface area contributed by atoms with Crippen molar-refractivity contribution in [2.75, 3.05) is 24.2 Å². The van der Waals surface area contributed by atoms with E-state index < -0.39 is 11.9 Å². The van der Waals surface area contributed by atoms with E-state index in [9.17, 15) is 4.39 Å². The van der Waals surface area contributed by atoms with Gasteiger partial charge in [-0.05, 0) is 22.0 Å². The molecule has 4 nitrogen and oxygen atoms in total. The van der Waals surface area contributed by atoms with Crippen molar-refractivity contribution in [1.29, 1.82) is 0 Å². The minimum absolute atomic E-state index is 0.152. The predicted octanol–water partition coefficient (Wildman–Crippen LogP) is 0.935. The maximum Gasteiger partial charge on any atom is 0.139 e. The van der Waals surface area contributed by atoms with E-state index in [-0.39, 0.29) is 23.3 Å². The molecular weight excluding hydrogens is 267 g/mol. The predicted molar refractivity (Wildman–Crippen MR) is 60.1 cm³/mol. The minimum Gasteiger partial charge on any atom is -0.397 e. The smallest absolute Gasteiger partial charge is 0.139 e. The highest BCUT2D eigenvalue weighted by molar-refractivity contribution is 9.10. The lowest BCUT2D eigenvalue weighted by atomic mass is 10.2. The summed E-state index contributed by atoms with van der Waals surface area (Å²) < 4.78 is 13.3. The summed E-state index contributed by atoms with van der Waals surface area (Å²) in [6.45, 7) is -0.186. The second-order valence-electron chi connectivity index (χ2n) is 3.07. The molecule has 0 saturated heterocycles. The molecule has 1 atom stereocenters. The number of halogens is 2. The first-order valence-electron chi connectivity index (χ1n) is 4.32. The van der Waals surface area contributed by atoms with E-state index in [2.05, 4.69) is 21.2 Å². The Morgan fingerprint density at radius 3 is 2.80 bits per heavy atom. The van der Waals surface area contributed by atoms with E-state index in [0.29, 0.717) is 5.69 Å². The van der Waals surface area contributed by atoms with Gasteiger partial charge in [-0.2, -0.15) is 0 Å². The first kappa shape index (κ1) is 12.2. The average Bonchev–Trinajstić information content (AvgIpc) is 2.21. The van der Waals surface area contributed by atoms with Crippen molar-refractivity contribution < 1.29 is 14.6 Å². The number of anilines is 2. The number of nitrogens with two attached hydrogens (primary N) is 1. The number of aliphatic hydroxyl groups is 2. The van der Waals surface area contributed by atoms with Crippen molar-refractivity contribution in [3.63, 3.8) is 0 Å². The van der Waals surface area contributed by atoms with Crippen LogP contribution < -0.4 is 11.1 Å². The number of benzene rings is 1. The van der Waals surface area contributed by atoms with Gasteiger partial charge in [0.15, 0.2) is 0 Å². The molecule has 0 aliphatic heterocycles. The molecule has 0 radical (unpaired) electrons. The summed E-state index contributed by atoms with van der Waals surface area (Å²) in [5.41, 5.74) is 6.31. The van der Waals surface area contributed by atoms with Crippen LogP contribution in [-0.4, -0.2) is 29.5 Å². The zero-order valence-corrected chi connectivity index (χ0v) is 9.46. The van der Waals surface area contributed by atoms with E-state index in [0.717, 1.165) is 0 Å². The maximum absolute atomic E-state index is 13.0. The molecule has 15 heavy (non-hydrogen) atoms. The molecule has 1 rings (SSSR count). The van der Waals surface area contributed by atoms with E-state index in [4.69, 9.17) is 15.9 Å². The molecule has 1 aromatic rings. The molecule has 0 fully saturated rings. The molecule has 0 amide bonds. The molecule has 0 saturated carbocycles. The number of nitrogens with one attached hydrogen (secondary N) is 1. The Morgan fingerprint density at radius 2 is 2.20 bits per heavy atom. The Balaban J connectivity index is 2.73. The van der Waals surface area contributed by atoms with Gasteiger partial charge in [0.1, 0.15) is 5.82 Å². The van der Waals surface area contributed by atoms with Crippen molar-refractivity contribution in [3.8, 4) is 0 Å². The Kier molecular flexibility index (Phi) is 4.31. The number of hydrogen-bond acceptors (Lipinski definition) is 4. The van der Waals surface area contributed by atoms with Crippen molar-refractivity contribution in [1.82, 2.24) is 0 Å². The Morgan fingerprint density at radius 1 is 1.53 bits per heavy atom. The molecule has 0 aliphatic carbocycles. The standard InChI is InChI=1S/C9H12BrFN2O2/c10-6-1-9(8(12)2-7(6)11)13-3-5(15)4-14/h1-2,5,13-15H,3-4,12H2. The zero-order chi connectivity index (χ0) is 11.4. The summed E-state index contributed by atoms with van der Waals surface area (Å²) in [6.07, 6.45) is -0.867. The second kappa shape index (κ2) is 5.29. The summed E-state index contributed by atoms with van der Waals surface area (Å²) in [4.78, 5) is 0. The van der Waals surface area contributed by atoms with Gasteiger partial charge >= 0.3 is 0 Å². The third kappa shape index (κ3) is 3.33. The van der Waals surface area contributed by atoms with Crippen LogP contribution in [-0.2, 0) is 0 Å². The second-order valence-corrected chi connectivity index (χ2v) is 3.93. The molecule has 0 aromatic heterocycles. The van der Waals surface area contributed by atoms with Crippen LogP contribution in [0.2, 0.25) is 0 Å². The van der Waals surface area contributed by atoms with Crippen LogP contribution in [0.1, 0.15) is 0 Å². The fraction of sp³-hybridized carbons (Fsp3) is 0.333. The van der Waals surface area contributed by atoms with Gasteiger partial charge in [0, 0.05) is 12.6 Å². The molecule has 0 heterocycles. The van der Waals surface area contributed by atoms with E-state index >= 15 is 0 Å². The number of rotatable bonds is 4. The molecule has 1 aromatic carbocycles. The highest BCUT2D eigenvalue weighted by Gasteiger charge is 2.07.